The summed E-state index contributed by atoms with van der Waals surface area (Å²) in [4.78, 5) is 10.1. The van der Waals surface area contributed by atoms with Crippen LogP contribution in [0.2, 0.25) is 0 Å². The third-order valence-corrected chi connectivity index (χ3v) is 1.65. The third kappa shape index (κ3) is 1.80. The van der Waals surface area contributed by atoms with Gasteiger partial charge in [0.25, 0.3) is 0 Å². The zero-order valence-corrected chi connectivity index (χ0v) is 6.50. The summed E-state index contributed by atoms with van der Waals surface area (Å²) in [5.74, 6) is 0. The van der Waals surface area contributed by atoms with Crippen LogP contribution >= 0.6 is 0 Å². The van der Waals surface area contributed by atoms with Crippen molar-refractivity contribution in [2.45, 2.75) is 13.3 Å². The molecular weight excluding hydrogens is 138 g/mol. The van der Waals surface area contributed by atoms with Crippen molar-refractivity contribution >= 4 is 12.0 Å². The lowest BCUT2D eigenvalue weighted by molar-refractivity contribution is -0.107. The van der Waals surface area contributed by atoms with Crippen LogP contribution in [0.1, 0.15) is 11.1 Å². The van der Waals surface area contributed by atoms with Crippen LogP contribution < -0.4 is 5.73 Å². The van der Waals surface area contributed by atoms with Gasteiger partial charge in [0.15, 0.2) is 0 Å². The van der Waals surface area contributed by atoms with E-state index in [1.54, 1.807) is 0 Å². The van der Waals surface area contributed by atoms with Crippen LogP contribution in [-0.2, 0) is 11.2 Å². The molecule has 0 aliphatic carbocycles. The lowest BCUT2D eigenvalue weighted by Gasteiger charge is -2.00. The summed E-state index contributed by atoms with van der Waals surface area (Å²) < 4.78 is 0. The number of carbonyl (C=O) groups is 1. The Hall–Kier alpha value is -1.31. The molecule has 0 saturated heterocycles. The van der Waals surface area contributed by atoms with E-state index in [0.717, 1.165) is 23.1 Å². The average Bonchev–Trinajstić information content (AvgIpc) is 1.98. The molecule has 2 N–H and O–H groups in total. The van der Waals surface area contributed by atoms with Crippen molar-refractivity contribution < 1.29 is 4.79 Å². The molecule has 0 heterocycles. The number of benzene rings is 1. The van der Waals surface area contributed by atoms with Crippen LogP contribution in [0.4, 0.5) is 5.69 Å². The molecule has 0 radical (unpaired) electrons. The smallest absolute Gasteiger partial charge is 0.124 e. The van der Waals surface area contributed by atoms with Crippen LogP contribution in [0.25, 0.3) is 0 Å². The van der Waals surface area contributed by atoms with Crippen LogP contribution in [0.15, 0.2) is 18.2 Å². The van der Waals surface area contributed by atoms with Crippen molar-refractivity contribution in [3.05, 3.63) is 29.3 Å². The molecule has 0 bridgehead atoms. The Morgan fingerprint density at radius 3 is 2.82 bits per heavy atom. The molecule has 58 valence electrons. The van der Waals surface area contributed by atoms with Gasteiger partial charge in [-0.3, -0.25) is 0 Å². The van der Waals surface area contributed by atoms with Crippen LogP contribution in [-0.4, -0.2) is 6.29 Å². The maximum Gasteiger partial charge on any atom is 0.124 e. The number of carbonyl (C=O) groups excluding carboxylic acids is 1. The molecule has 0 aliphatic heterocycles. The monoisotopic (exact) mass is 149 g/mol. The minimum atomic E-state index is 0.473. The number of hydrogen-bond donors (Lipinski definition) is 1. The van der Waals surface area contributed by atoms with Crippen molar-refractivity contribution in [1.82, 2.24) is 0 Å². The van der Waals surface area contributed by atoms with Crippen molar-refractivity contribution in [2.75, 3.05) is 5.73 Å². The Labute approximate surface area is 66.0 Å². The summed E-state index contributed by atoms with van der Waals surface area (Å²) in [6, 6.07) is 5.63. The van der Waals surface area contributed by atoms with E-state index < -0.39 is 0 Å². The number of nitrogen functional groups attached to an aromatic ring is 1. The Bertz CT molecular complexity index is 268. The normalized spacial score (nSPS) is 9.55. The molecule has 0 saturated carbocycles. The molecule has 1 aromatic carbocycles. The summed E-state index contributed by atoms with van der Waals surface area (Å²) in [7, 11) is 0. The van der Waals surface area contributed by atoms with Gasteiger partial charge in [0.2, 0.25) is 0 Å². The first-order chi connectivity index (χ1) is 5.24. The standard InChI is InChI=1S/C9H11NO/c1-7-6-8(4-5-11)2-3-9(7)10/h2-3,5-6H,4,10H2,1H3. The minimum Gasteiger partial charge on any atom is -0.399 e. The second-order valence-corrected chi connectivity index (χ2v) is 2.56. The molecule has 0 aromatic heterocycles. The Kier molecular flexibility index (Phi) is 2.26. The Balaban J connectivity index is 2.95. The van der Waals surface area contributed by atoms with Crippen LogP contribution in [0.3, 0.4) is 0 Å². The highest BCUT2D eigenvalue weighted by atomic mass is 16.1. The summed E-state index contributed by atoms with van der Waals surface area (Å²) in [5, 5.41) is 0. The van der Waals surface area contributed by atoms with Gasteiger partial charge in [-0.25, -0.2) is 0 Å². The molecule has 0 unspecified atom stereocenters. The van der Waals surface area contributed by atoms with Gasteiger partial charge in [-0.2, -0.15) is 0 Å². The maximum absolute atomic E-state index is 10.1. The first kappa shape index (κ1) is 7.79. The second-order valence-electron chi connectivity index (χ2n) is 2.56. The molecule has 2 heteroatoms. The summed E-state index contributed by atoms with van der Waals surface area (Å²) >= 11 is 0. The van der Waals surface area contributed by atoms with Crippen molar-refractivity contribution in [1.29, 1.82) is 0 Å². The number of aldehydes is 1. The zero-order chi connectivity index (χ0) is 8.27. The number of nitrogens with two attached hydrogens (primary N) is 1. The Morgan fingerprint density at radius 1 is 1.55 bits per heavy atom. The minimum absolute atomic E-state index is 0.473. The van der Waals surface area contributed by atoms with Gasteiger partial charge in [-0.15, -0.1) is 0 Å². The van der Waals surface area contributed by atoms with Gasteiger partial charge in [0.1, 0.15) is 6.29 Å². The van der Waals surface area contributed by atoms with E-state index in [1.165, 1.54) is 0 Å². The van der Waals surface area contributed by atoms with Gasteiger partial charge < -0.3 is 10.5 Å². The fourth-order valence-electron chi connectivity index (χ4n) is 0.961. The average molecular weight is 149 g/mol. The van der Waals surface area contributed by atoms with E-state index >= 15 is 0 Å². The molecule has 0 amide bonds. The molecule has 0 fully saturated rings. The lowest BCUT2D eigenvalue weighted by atomic mass is 10.1. The maximum atomic E-state index is 10.1. The third-order valence-electron chi connectivity index (χ3n) is 1.65. The fraction of sp³-hybridized carbons (Fsp3) is 0.222. The lowest BCUT2D eigenvalue weighted by Crippen LogP contribution is -1.92. The predicted octanol–water partition coefficient (Wildman–Crippen LogP) is 1.32. The molecule has 1 rings (SSSR count). The fourth-order valence-corrected chi connectivity index (χ4v) is 0.961. The van der Waals surface area contributed by atoms with Gasteiger partial charge >= 0.3 is 0 Å². The highest BCUT2D eigenvalue weighted by Gasteiger charge is 1.94. The first-order valence-corrected chi connectivity index (χ1v) is 3.52. The SMILES string of the molecule is Cc1cc(CC=O)ccc1N. The quantitative estimate of drug-likeness (QED) is 0.509. The predicted molar refractivity (Wildman–Crippen MR) is 45.4 cm³/mol. The highest BCUT2D eigenvalue weighted by Crippen LogP contribution is 2.12. The van der Waals surface area contributed by atoms with Gasteiger partial charge in [-0.1, -0.05) is 12.1 Å². The molecule has 0 aliphatic rings. The van der Waals surface area contributed by atoms with Crippen LogP contribution in [0, 0.1) is 6.92 Å². The van der Waals surface area contributed by atoms with E-state index in [4.69, 9.17) is 5.73 Å². The molecule has 0 atom stereocenters. The van der Waals surface area contributed by atoms with Gasteiger partial charge in [0, 0.05) is 12.1 Å². The Morgan fingerprint density at radius 2 is 2.27 bits per heavy atom. The first-order valence-electron chi connectivity index (χ1n) is 3.52. The van der Waals surface area contributed by atoms with Gasteiger partial charge in [-0.05, 0) is 24.1 Å². The van der Waals surface area contributed by atoms with Gasteiger partial charge in [0.05, 0.1) is 0 Å². The largest absolute Gasteiger partial charge is 0.399 e. The highest BCUT2D eigenvalue weighted by molar-refractivity contribution is 5.57. The van der Waals surface area contributed by atoms with E-state index in [2.05, 4.69) is 0 Å². The molecule has 2 nitrogen and oxygen atoms in total. The topological polar surface area (TPSA) is 43.1 Å². The number of hydrogen-bond acceptors (Lipinski definition) is 2. The molecule has 1 aromatic rings. The van der Waals surface area contributed by atoms with Crippen LogP contribution in [0.5, 0.6) is 0 Å². The number of aryl methyl sites for hydroxylation is 1. The second kappa shape index (κ2) is 3.19. The van der Waals surface area contributed by atoms with Crippen molar-refractivity contribution in [3.8, 4) is 0 Å². The summed E-state index contributed by atoms with van der Waals surface area (Å²) in [5.41, 5.74) is 8.43. The number of anilines is 1. The van der Waals surface area contributed by atoms with E-state index in [0.29, 0.717) is 6.42 Å². The zero-order valence-electron chi connectivity index (χ0n) is 6.50. The summed E-state index contributed by atoms with van der Waals surface area (Å²) in [6.45, 7) is 1.93. The number of rotatable bonds is 2. The molecule has 11 heavy (non-hydrogen) atoms. The molecule has 0 spiro atoms. The van der Waals surface area contributed by atoms with E-state index in [9.17, 15) is 4.79 Å². The summed E-state index contributed by atoms with van der Waals surface area (Å²) in [6.07, 6.45) is 1.37. The van der Waals surface area contributed by atoms with E-state index in [1.807, 2.05) is 25.1 Å². The van der Waals surface area contributed by atoms with Crippen molar-refractivity contribution in [3.63, 3.8) is 0 Å². The van der Waals surface area contributed by atoms with Crippen molar-refractivity contribution in [2.24, 2.45) is 0 Å². The van der Waals surface area contributed by atoms with E-state index in [-0.39, 0.29) is 0 Å². The molecular formula is C9H11NO.